The highest BCUT2D eigenvalue weighted by molar-refractivity contribution is 5.67. The minimum absolute atomic E-state index is 0.261. The van der Waals surface area contributed by atoms with Gasteiger partial charge in [0.2, 0.25) is 5.79 Å². The Morgan fingerprint density at radius 3 is 2.24 bits per heavy atom. The van der Waals surface area contributed by atoms with Crippen LogP contribution in [0.3, 0.4) is 0 Å². The lowest BCUT2D eigenvalue weighted by Gasteiger charge is -2.44. The molecule has 21 heavy (non-hydrogen) atoms. The zero-order valence-electron chi connectivity index (χ0n) is 12.0. The smallest absolute Gasteiger partial charge is 0.303 e. The third kappa shape index (κ3) is 4.66. The van der Waals surface area contributed by atoms with Crippen molar-refractivity contribution in [2.75, 3.05) is 13.2 Å². The van der Waals surface area contributed by atoms with Gasteiger partial charge in [0, 0.05) is 20.8 Å². The predicted octanol–water partition coefficient (Wildman–Crippen LogP) is -1.54. The molecule has 1 rings (SSSR count). The summed E-state index contributed by atoms with van der Waals surface area (Å²) in [5, 5.41) is 10.3. The topological polar surface area (TPSA) is 134 Å². The molecule has 1 aliphatic heterocycles. The van der Waals surface area contributed by atoms with Crippen molar-refractivity contribution in [3.63, 3.8) is 0 Å². The lowest BCUT2D eigenvalue weighted by atomic mass is 9.95. The fraction of sp³-hybridized carbons (Fsp3) is 0.750. The first-order valence-corrected chi connectivity index (χ1v) is 6.25. The van der Waals surface area contributed by atoms with E-state index in [-0.39, 0.29) is 6.61 Å². The Bertz CT molecular complexity index is 425. The molecule has 9 nitrogen and oxygen atoms in total. The molecule has 1 heterocycles. The van der Waals surface area contributed by atoms with Gasteiger partial charge in [-0.3, -0.25) is 14.4 Å². The number of aliphatic hydroxyl groups is 1. The van der Waals surface area contributed by atoms with E-state index in [1.807, 2.05) is 0 Å². The van der Waals surface area contributed by atoms with Crippen molar-refractivity contribution in [1.82, 2.24) is 0 Å². The van der Waals surface area contributed by atoms with E-state index < -0.39 is 48.6 Å². The maximum absolute atomic E-state index is 11.1. The van der Waals surface area contributed by atoms with Gasteiger partial charge in [0.05, 0.1) is 6.61 Å². The number of carbonyl (C=O) groups excluding carboxylic acids is 3. The van der Waals surface area contributed by atoms with Crippen LogP contribution in [0.25, 0.3) is 0 Å². The standard InChI is InChI=1S/C12H19NO8/c1-6(14)18-5-12(17)11(13)10(21-8(3)16)9(4-19-12)20-7(2)15/h9-11,17H,4-5,13H2,1-3H3/t9-,10-,11+,12-/m0/s1. The van der Waals surface area contributed by atoms with Crippen molar-refractivity contribution < 1.29 is 38.4 Å². The Hall–Kier alpha value is -1.71. The van der Waals surface area contributed by atoms with Gasteiger partial charge in [0.1, 0.15) is 12.6 Å². The van der Waals surface area contributed by atoms with E-state index in [0.717, 1.165) is 13.8 Å². The lowest BCUT2D eigenvalue weighted by molar-refractivity contribution is -0.297. The van der Waals surface area contributed by atoms with Crippen molar-refractivity contribution in [3.05, 3.63) is 0 Å². The molecule has 0 aromatic carbocycles. The van der Waals surface area contributed by atoms with Crippen LogP contribution in [0.15, 0.2) is 0 Å². The summed E-state index contributed by atoms with van der Waals surface area (Å²) in [5.74, 6) is -3.95. The third-order valence-electron chi connectivity index (χ3n) is 2.84. The van der Waals surface area contributed by atoms with Gasteiger partial charge in [-0.25, -0.2) is 0 Å². The molecule has 0 radical (unpaired) electrons. The van der Waals surface area contributed by atoms with E-state index in [1.165, 1.54) is 6.92 Å². The number of hydrogen-bond acceptors (Lipinski definition) is 9. The Morgan fingerprint density at radius 2 is 1.76 bits per heavy atom. The van der Waals surface area contributed by atoms with Crippen molar-refractivity contribution in [2.24, 2.45) is 5.73 Å². The molecule has 4 atom stereocenters. The number of hydrogen-bond donors (Lipinski definition) is 2. The Balaban J connectivity index is 2.88. The van der Waals surface area contributed by atoms with E-state index in [2.05, 4.69) is 4.74 Å². The van der Waals surface area contributed by atoms with Crippen LogP contribution >= 0.6 is 0 Å². The fourth-order valence-corrected chi connectivity index (χ4v) is 1.90. The predicted molar refractivity (Wildman–Crippen MR) is 66.6 cm³/mol. The van der Waals surface area contributed by atoms with Gasteiger partial charge >= 0.3 is 17.9 Å². The average Bonchev–Trinajstić information content (AvgIpc) is 2.35. The summed E-state index contributed by atoms with van der Waals surface area (Å²) in [4.78, 5) is 33.0. The van der Waals surface area contributed by atoms with E-state index in [1.54, 1.807) is 0 Å². The van der Waals surface area contributed by atoms with Crippen LogP contribution in [-0.2, 0) is 33.3 Å². The number of ether oxygens (including phenoxy) is 4. The Labute approximate surface area is 121 Å². The first-order chi connectivity index (χ1) is 9.65. The van der Waals surface area contributed by atoms with Crippen molar-refractivity contribution in [3.8, 4) is 0 Å². The van der Waals surface area contributed by atoms with Crippen molar-refractivity contribution in [2.45, 2.75) is 44.8 Å². The first kappa shape index (κ1) is 17.3. The van der Waals surface area contributed by atoms with Crippen LogP contribution in [0.2, 0.25) is 0 Å². The van der Waals surface area contributed by atoms with E-state index in [4.69, 9.17) is 19.9 Å². The van der Waals surface area contributed by atoms with Crippen LogP contribution < -0.4 is 5.73 Å². The molecular formula is C12H19NO8. The van der Waals surface area contributed by atoms with Crippen LogP contribution in [0, 0.1) is 0 Å². The van der Waals surface area contributed by atoms with Crippen LogP contribution in [0.4, 0.5) is 0 Å². The van der Waals surface area contributed by atoms with Crippen LogP contribution in [-0.4, -0.2) is 60.3 Å². The maximum atomic E-state index is 11.1. The SMILES string of the molecule is CC(=O)OC[C@]1(O)OC[C@H](OC(C)=O)[C@H](OC(C)=O)[C@H]1N. The van der Waals surface area contributed by atoms with E-state index >= 15 is 0 Å². The van der Waals surface area contributed by atoms with Crippen LogP contribution in [0.5, 0.6) is 0 Å². The molecule has 1 aliphatic rings. The summed E-state index contributed by atoms with van der Waals surface area (Å²) in [6.07, 6.45) is -2.08. The molecule has 3 N–H and O–H groups in total. The molecule has 0 saturated carbocycles. The molecule has 0 aromatic heterocycles. The second-order valence-corrected chi connectivity index (χ2v) is 4.68. The summed E-state index contributed by atoms with van der Waals surface area (Å²) in [7, 11) is 0. The largest absolute Gasteiger partial charge is 0.460 e. The highest BCUT2D eigenvalue weighted by Gasteiger charge is 2.52. The third-order valence-corrected chi connectivity index (χ3v) is 2.84. The molecule has 0 aromatic rings. The molecule has 0 amide bonds. The second kappa shape index (κ2) is 6.83. The Kier molecular flexibility index (Phi) is 5.64. The molecule has 120 valence electrons. The van der Waals surface area contributed by atoms with Crippen LogP contribution in [0.1, 0.15) is 20.8 Å². The summed E-state index contributed by atoms with van der Waals surface area (Å²) in [6.45, 7) is 2.69. The van der Waals surface area contributed by atoms with Crippen molar-refractivity contribution in [1.29, 1.82) is 0 Å². The normalized spacial score (nSPS) is 32.1. The monoisotopic (exact) mass is 305 g/mol. The number of esters is 3. The molecule has 1 saturated heterocycles. The van der Waals surface area contributed by atoms with E-state index in [0.29, 0.717) is 0 Å². The molecule has 0 unspecified atom stereocenters. The summed E-state index contributed by atoms with van der Waals surface area (Å²) < 4.78 is 19.8. The molecule has 0 bridgehead atoms. The van der Waals surface area contributed by atoms with Crippen molar-refractivity contribution >= 4 is 17.9 Å². The average molecular weight is 305 g/mol. The number of carbonyl (C=O) groups is 3. The number of rotatable bonds is 4. The summed E-state index contributed by atoms with van der Waals surface area (Å²) >= 11 is 0. The molecule has 1 fully saturated rings. The van der Waals surface area contributed by atoms with Gasteiger partial charge in [0.25, 0.3) is 0 Å². The van der Waals surface area contributed by atoms with Gasteiger partial charge in [0.15, 0.2) is 12.2 Å². The van der Waals surface area contributed by atoms with Gasteiger partial charge in [-0.05, 0) is 0 Å². The van der Waals surface area contributed by atoms with Gasteiger partial charge in [-0.15, -0.1) is 0 Å². The lowest BCUT2D eigenvalue weighted by Crippen LogP contribution is -2.68. The first-order valence-electron chi connectivity index (χ1n) is 6.25. The summed E-state index contributed by atoms with van der Waals surface area (Å²) in [5.41, 5.74) is 5.82. The molecule has 9 heteroatoms. The highest BCUT2D eigenvalue weighted by Crippen LogP contribution is 2.27. The molecule has 0 spiro atoms. The summed E-state index contributed by atoms with van der Waals surface area (Å²) in [6, 6.07) is -1.26. The second-order valence-electron chi connectivity index (χ2n) is 4.68. The maximum Gasteiger partial charge on any atom is 0.303 e. The Morgan fingerprint density at radius 1 is 1.19 bits per heavy atom. The minimum Gasteiger partial charge on any atom is -0.460 e. The zero-order chi connectivity index (χ0) is 16.2. The van der Waals surface area contributed by atoms with E-state index in [9.17, 15) is 19.5 Å². The number of nitrogens with two attached hydrogens (primary N) is 1. The molecular weight excluding hydrogens is 286 g/mol. The minimum atomic E-state index is -2.04. The van der Waals surface area contributed by atoms with Gasteiger partial charge in [-0.2, -0.15) is 0 Å². The molecule has 0 aliphatic carbocycles. The highest BCUT2D eigenvalue weighted by atomic mass is 16.7. The zero-order valence-corrected chi connectivity index (χ0v) is 12.0. The van der Waals surface area contributed by atoms with Gasteiger partial charge < -0.3 is 29.8 Å². The fourth-order valence-electron chi connectivity index (χ4n) is 1.90. The van der Waals surface area contributed by atoms with Gasteiger partial charge in [-0.1, -0.05) is 0 Å². The quantitative estimate of drug-likeness (QED) is 0.468.